The quantitative estimate of drug-likeness (QED) is 0.285. The van der Waals surface area contributed by atoms with Crippen molar-refractivity contribution in [1.29, 1.82) is 0 Å². The maximum Gasteiger partial charge on any atom is 0.174 e. The van der Waals surface area contributed by atoms with Crippen LogP contribution >= 0.6 is 12.2 Å². The molecule has 1 N–H and O–H groups in total. The zero-order valence-corrected chi connectivity index (χ0v) is 23.8. The Labute approximate surface area is 230 Å². The van der Waals surface area contributed by atoms with Gasteiger partial charge in [-0.25, -0.2) is 0 Å². The predicted octanol–water partition coefficient (Wildman–Crippen LogP) is 6.61. The molecule has 0 spiro atoms. The van der Waals surface area contributed by atoms with E-state index < -0.39 is 0 Å². The first kappa shape index (κ1) is 25.8. The third kappa shape index (κ3) is 4.31. The molecule has 7 heteroatoms. The number of anilines is 1. The summed E-state index contributed by atoms with van der Waals surface area (Å²) in [4.78, 5) is 6.87. The van der Waals surface area contributed by atoms with Crippen LogP contribution in [0, 0.1) is 34.6 Å². The van der Waals surface area contributed by atoms with E-state index in [4.69, 9.17) is 26.7 Å². The largest absolute Gasteiger partial charge is 0.497 e. The lowest BCUT2D eigenvalue weighted by Gasteiger charge is -2.29. The number of nitrogens with zero attached hydrogens (tertiary/aromatic N) is 3. The minimum absolute atomic E-state index is 0.159. The highest BCUT2D eigenvalue weighted by molar-refractivity contribution is 7.80. The molecule has 2 aromatic carbocycles. The molecular formula is C31H34N4O2S. The second-order valence-corrected chi connectivity index (χ2v) is 10.3. The first-order valence-electron chi connectivity index (χ1n) is 12.7. The van der Waals surface area contributed by atoms with E-state index in [2.05, 4.69) is 67.6 Å². The van der Waals surface area contributed by atoms with Crippen LogP contribution in [-0.4, -0.2) is 28.9 Å². The molecule has 1 aliphatic heterocycles. The van der Waals surface area contributed by atoms with Gasteiger partial charge in [0.05, 0.1) is 43.4 Å². The SMILES string of the molecule is COc1ccc(OC)c(N2C(=S)N[C@H](c3ccccn3)[C@@H]2c2cc(C)n(-c3c(C)cc(C)cc3C)c2C)c1. The van der Waals surface area contributed by atoms with Crippen molar-refractivity contribution in [2.75, 3.05) is 19.1 Å². The van der Waals surface area contributed by atoms with E-state index in [1.54, 1.807) is 14.2 Å². The number of pyridine rings is 1. The second kappa shape index (κ2) is 10.1. The number of aryl methyl sites for hydroxylation is 4. The van der Waals surface area contributed by atoms with Crippen LogP contribution in [0.2, 0.25) is 0 Å². The number of aromatic nitrogens is 2. The number of rotatable bonds is 6. The van der Waals surface area contributed by atoms with Gasteiger partial charge < -0.3 is 24.3 Å². The number of nitrogens with one attached hydrogen (secondary N) is 1. The molecule has 4 aromatic rings. The number of benzene rings is 2. The number of methoxy groups -OCH3 is 2. The van der Waals surface area contributed by atoms with Gasteiger partial charge in [0.2, 0.25) is 0 Å². The van der Waals surface area contributed by atoms with E-state index in [0.29, 0.717) is 5.11 Å². The van der Waals surface area contributed by atoms with Gasteiger partial charge in [0, 0.05) is 23.7 Å². The lowest BCUT2D eigenvalue weighted by atomic mass is 9.96. The average molecular weight is 527 g/mol. The summed E-state index contributed by atoms with van der Waals surface area (Å²) < 4.78 is 13.7. The fourth-order valence-electron chi connectivity index (χ4n) is 5.87. The Bertz CT molecular complexity index is 1490. The Morgan fingerprint density at radius 1 is 0.895 bits per heavy atom. The highest BCUT2D eigenvalue weighted by Gasteiger charge is 2.43. The third-order valence-corrected chi connectivity index (χ3v) is 7.71. The van der Waals surface area contributed by atoms with Gasteiger partial charge in [-0.1, -0.05) is 23.8 Å². The number of thiocarbonyl (C=S) groups is 1. The van der Waals surface area contributed by atoms with Crippen molar-refractivity contribution in [1.82, 2.24) is 14.9 Å². The predicted molar refractivity (Wildman–Crippen MR) is 157 cm³/mol. The summed E-state index contributed by atoms with van der Waals surface area (Å²) in [5, 5.41) is 4.19. The van der Waals surface area contributed by atoms with Gasteiger partial charge in [-0.3, -0.25) is 4.98 Å². The first-order chi connectivity index (χ1) is 18.2. The van der Waals surface area contributed by atoms with Crippen molar-refractivity contribution < 1.29 is 9.47 Å². The molecule has 2 atom stereocenters. The molecule has 196 valence electrons. The minimum atomic E-state index is -0.163. The van der Waals surface area contributed by atoms with Crippen LogP contribution in [0.5, 0.6) is 11.5 Å². The molecule has 0 bridgehead atoms. The van der Waals surface area contributed by atoms with Crippen molar-refractivity contribution in [2.45, 2.75) is 46.7 Å². The van der Waals surface area contributed by atoms with Crippen LogP contribution in [0.4, 0.5) is 5.69 Å². The Hall–Kier alpha value is -3.84. The van der Waals surface area contributed by atoms with Crippen molar-refractivity contribution in [2.24, 2.45) is 0 Å². The molecule has 0 saturated carbocycles. The van der Waals surface area contributed by atoms with Crippen molar-refractivity contribution >= 4 is 23.0 Å². The Morgan fingerprint density at radius 2 is 1.63 bits per heavy atom. The van der Waals surface area contributed by atoms with Crippen LogP contribution in [0.1, 0.15) is 51.4 Å². The molecule has 0 amide bonds. The van der Waals surface area contributed by atoms with Gasteiger partial charge in [0.1, 0.15) is 11.5 Å². The standard InChI is InChI=1S/C31H34N4O2S/c1-18-14-19(2)29(20(3)15-18)34-21(4)16-24(22(34)5)30-28(25-10-8-9-13-32-25)33-31(38)35(30)26-17-23(36-6)11-12-27(26)37-7/h8-17,28,30H,1-7H3,(H,33,38)/t28-,30+/m1/s1. The molecule has 0 radical (unpaired) electrons. The van der Waals surface area contributed by atoms with Gasteiger partial charge in [0.25, 0.3) is 0 Å². The Morgan fingerprint density at radius 3 is 2.26 bits per heavy atom. The molecule has 0 aliphatic carbocycles. The molecule has 1 fully saturated rings. The molecule has 1 aliphatic rings. The summed E-state index contributed by atoms with van der Waals surface area (Å²) in [6.45, 7) is 10.9. The summed E-state index contributed by atoms with van der Waals surface area (Å²) >= 11 is 5.98. The van der Waals surface area contributed by atoms with Gasteiger partial charge in [-0.15, -0.1) is 0 Å². The smallest absolute Gasteiger partial charge is 0.174 e. The van der Waals surface area contributed by atoms with Crippen molar-refractivity contribution in [3.63, 3.8) is 0 Å². The molecule has 3 heterocycles. The maximum absolute atomic E-state index is 5.98. The summed E-state index contributed by atoms with van der Waals surface area (Å²) in [5.74, 6) is 1.46. The van der Waals surface area contributed by atoms with E-state index in [-0.39, 0.29) is 12.1 Å². The van der Waals surface area contributed by atoms with Gasteiger partial charge in [-0.2, -0.15) is 0 Å². The number of hydrogen-bond donors (Lipinski definition) is 1. The molecule has 6 nitrogen and oxygen atoms in total. The maximum atomic E-state index is 5.98. The Kier molecular flexibility index (Phi) is 6.88. The van der Waals surface area contributed by atoms with Crippen LogP contribution in [-0.2, 0) is 0 Å². The minimum Gasteiger partial charge on any atom is -0.497 e. The second-order valence-electron chi connectivity index (χ2n) is 9.94. The van der Waals surface area contributed by atoms with E-state index in [9.17, 15) is 0 Å². The molecule has 5 rings (SSSR count). The summed E-state index contributed by atoms with van der Waals surface area (Å²) in [5.41, 5.74) is 10.3. The van der Waals surface area contributed by atoms with E-state index in [0.717, 1.165) is 22.9 Å². The van der Waals surface area contributed by atoms with Gasteiger partial charge >= 0.3 is 0 Å². The fourth-order valence-corrected chi connectivity index (χ4v) is 6.21. The lowest BCUT2D eigenvalue weighted by Crippen LogP contribution is -2.30. The zero-order valence-electron chi connectivity index (χ0n) is 23.0. The van der Waals surface area contributed by atoms with Crippen molar-refractivity contribution in [3.8, 4) is 17.2 Å². The first-order valence-corrected chi connectivity index (χ1v) is 13.2. The molecule has 0 unspecified atom stereocenters. The fraction of sp³-hybridized carbons (Fsp3) is 0.290. The normalized spacial score (nSPS) is 17.0. The molecule has 2 aromatic heterocycles. The van der Waals surface area contributed by atoms with E-state index >= 15 is 0 Å². The number of ether oxygens (including phenoxy) is 2. The molecule has 1 saturated heterocycles. The summed E-state index contributed by atoms with van der Waals surface area (Å²) in [6, 6.07) is 18.3. The van der Waals surface area contributed by atoms with E-state index in [1.807, 2.05) is 42.6 Å². The average Bonchev–Trinajstić information content (AvgIpc) is 3.39. The monoisotopic (exact) mass is 526 g/mol. The van der Waals surface area contributed by atoms with Crippen LogP contribution in [0.25, 0.3) is 5.69 Å². The highest BCUT2D eigenvalue weighted by atomic mass is 32.1. The number of hydrogen-bond acceptors (Lipinski definition) is 4. The van der Waals surface area contributed by atoms with Crippen molar-refractivity contribution in [3.05, 3.63) is 100 Å². The highest BCUT2D eigenvalue weighted by Crippen LogP contribution is 2.47. The van der Waals surface area contributed by atoms with Gasteiger partial charge in [0.15, 0.2) is 5.11 Å². The van der Waals surface area contributed by atoms with Crippen LogP contribution in [0.3, 0.4) is 0 Å². The molecule has 38 heavy (non-hydrogen) atoms. The van der Waals surface area contributed by atoms with E-state index in [1.165, 1.54) is 39.3 Å². The molecular weight excluding hydrogens is 492 g/mol. The lowest BCUT2D eigenvalue weighted by molar-refractivity contribution is 0.403. The third-order valence-electron chi connectivity index (χ3n) is 7.39. The van der Waals surface area contributed by atoms with Crippen LogP contribution in [0.15, 0.2) is 60.8 Å². The van der Waals surface area contributed by atoms with Crippen LogP contribution < -0.4 is 19.7 Å². The zero-order chi connectivity index (χ0) is 27.1. The topological polar surface area (TPSA) is 51.6 Å². The van der Waals surface area contributed by atoms with Gasteiger partial charge in [-0.05, 0) is 93.9 Å². The summed E-state index contributed by atoms with van der Waals surface area (Å²) in [7, 11) is 3.35. The summed E-state index contributed by atoms with van der Waals surface area (Å²) in [6.07, 6.45) is 1.83. The Balaban J connectivity index is 1.74.